The zero-order chi connectivity index (χ0) is 12.4. The maximum atomic E-state index is 9.31. The number of hydrogen-bond acceptors (Lipinski definition) is 5. The van der Waals surface area contributed by atoms with Crippen LogP contribution >= 0.6 is 22.9 Å². The van der Waals surface area contributed by atoms with E-state index in [1.807, 2.05) is 25.3 Å². The topological polar surface area (TPSA) is 58.0 Å². The molecule has 2 N–H and O–H groups in total. The summed E-state index contributed by atoms with van der Waals surface area (Å²) in [7, 11) is 0. The summed E-state index contributed by atoms with van der Waals surface area (Å²) in [4.78, 5) is 9.18. The van der Waals surface area contributed by atoms with Gasteiger partial charge in [0.25, 0.3) is 0 Å². The second-order valence-corrected chi connectivity index (χ2v) is 5.39. The van der Waals surface area contributed by atoms with Crippen LogP contribution in [0.3, 0.4) is 0 Å². The molecule has 0 spiro atoms. The molecule has 0 radical (unpaired) electrons. The Labute approximate surface area is 109 Å². The van der Waals surface area contributed by atoms with Gasteiger partial charge in [-0.05, 0) is 29.0 Å². The van der Waals surface area contributed by atoms with Crippen molar-refractivity contribution in [1.29, 1.82) is 0 Å². The number of thiophene rings is 1. The summed E-state index contributed by atoms with van der Waals surface area (Å²) in [6, 6.07) is 1.91. The van der Waals surface area contributed by atoms with Crippen molar-refractivity contribution in [3.63, 3.8) is 0 Å². The predicted molar refractivity (Wildman–Crippen MR) is 71.8 cm³/mol. The van der Waals surface area contributed by atoms with Gasteiger partial charge in [-0.15, -0.1) is 11.3 Å². The van der Waals surface area contributed by atoms with Crippen molar-refractivity contribution in [2.24, 2.45) is 5.92 Å². The lowest BCUT2D eigenvalue weighted by Crippen LogP contribution is -2.29. The predicted octanol–water partition coefficient (Wildman–Crippen LogP) is 2.77. The van der Waals surface area contributed by atoms with Gasteiger partial charge in [-0.2, -0.15) is 0 Å². The largest absolute Gasteiger partial charge is 0.394 e. The SMILES string of the molecule is CC(C)C(CO)Nc1nc(Cl)nc2sccc12. The zero-order valence-electron chi connectivity index (χ0n) is 9.64. The molecular weight excluding hydrogens is 258 g/mol. The Morgan fingerprint density at radius 2 is 2.24 bits per heavy atom. The normalized spacial score (nSPS) is 13.2. The van der Waals surface area contributed by atoms with Crippen LogP contribution in [-0.4, -0.2) is 27.7 Å². The molecule has 0 fully saturated rings. The third kappa shape index (κ3) is 2.68. The molecule has 0 aliphatic heterocycles. The zero-order valence-corrected chi connectivity index (χ0v) is 11.2. The van der Waals surface area contributed by atoms with Crippen molar-refractivity contribution in [2.45, 2.75) is 19.9 Å². The number of halogens is 1. The van der Waals surface area contributed by atoms with Crippen LogP contribution in [-0.2, 0) is 0 Å². The highest BCUT2D eigenvalue weighted by atomic mass is 35.5. The standard InChI is InChI=1S/C11H14ClN3OS/c1-6(2)8(5-16)13-9-7-3-4-17-10(7)15-11(12)14-9/h3-4,6,8,16H,5H2,1-2H3,(H,13,14,15). The number of rotatable bonds is 4. The first-order chi connectivity index (χ1) is 8.11. The summed E-state index contributed by atoms with van der Waals surface area (Å²) in [5, 5.41) is 15.6. The van der Waals surface area contributed by atoms with Crippen molar-refractivity contribution in [3.05, 3.63) is 16.7 Å². The van der Waals surface area contributed by atoms with Gasteiger partial charge in [-0.3, -0.25) is 0 Å². The van der Waals surface area contributed by atoms with Crippen LogP contribution in [0.1, 0.15) is 13.8 Å². The highest BCUT2D eigenvalue weighted by Crippen LogP contribution is 2.27. The van der Waals surface area contributed by atoms with E-state index in [4.69, 9.17) is 11.6 Å². The molecule has 4 nitrogen and oxygen atoms in total. The van der Waals surface area contributed by atoms with Crippen LogP contribution in [0.2, 0.25) is 5.28 Å². The Morgan fingerprint density at radius 3 is 2.88 bits per heavy atom. The van der Waals surface area contributed by atoms with E-state index in [1.54, 1.807) is 0 Å². The Balaban J connectivity index is 2.37. The van der Waals surface area contributed by atoms with E-state index in [9.17, 15) is 5.11 Å². The molecule has 17 heavy (non-hydrogen) atoms. The molecule has 6 heteroatoms. The minimum atomic E-state index is -0.0379. The minimum Gasteiger partial charge on any atom is -0.394 e. The second-order valence-electron chi connectivity index (χ2n) is 4.16. The molecule has 2 aromatic heterocycles. The first kappa shape index (κ1) is 12.5. The van der Waals surface area contributed by atoms with Gasteiger partial charge in [-0.1, -0.05) is 13.8 Å². The summed E-state index contributed by atoms with van der Waals surface area (Å²) >= 11 is 7.39. The number of fused-ring (bicyclic) bond motifs is 1. The summed E-state index contributed by atoms with van der Waals surface area (Å²) in [5.74, 6) is 0.997. The number of anilines is 1. The Hall–Kier alpha value is -0.910. The van der Waals surface area contributed by atoms with Crippen molar-refractivity contribution in [2.75, 3.05) is 11.9 Å². The summed E-state index contributed by atoms with van der Waals surface area (Å²) in [5.41, 5.74) is 0. The third-order valence-electron chi connectivity index (χ3n) is 2.62. The second kappa shape index (κ2) is 5.16. The minimum absolute atomic E-state index is 0.0379. The molecule has 0 saturated carbocycles. The summed E-state index contributed by atoms with van der Waals surface area (Å²) in [6.45, 7) is 4.15. The highest BCUT2D eigenvalue weighted by molar-refractivity contribution is 7.16. The maximum Gasteiger partial charge on any atom is 0.225 e. The van der Waals surface area contributed by atoms with Gasteiger partial charge >= 0.3 is 0 Å². The smallest absolute Gasteiger partial charge is 0.225 e. The fourth-order valence-corrected chi connectivity index (χ4v) is 2.52. The summed E-state index contributed by atoms with van der Waals surface area (Å²) < 4.78 is 0. The lowest BCUT2D eigenvalue weighted by molar-refractivity contribution is 0.249. The van der Waals surface area contributed by atoms with Crippen LogP contribution in [0.25, 0.3) is 10.2 Å². The van der Waals surface area contributed by atoms with E-state index in [1.165, 1.54) is 11.3 Å². The fourth-order valence-electron chi connectivity index (χ4n) is 1.54. The van der Waals surface area contributed by atoms with Gasteiger partial charge in [0.15, 0.2) is 0 Å². The Kier molecular flexibility index (Phi) is 3.81. The van der Waals surface area contributed by atoms with Crippen molar-refractivity contribution >= 4 is 39.0 Å². The number of hydrogen-bond donors (Lipinski definition) is 2. The maximum absolute atomic E-state index is 9.31. The molecule has 92 valence electrons. The number of nitrogens with one attached hydrogen (secondary N) is 1. The summed E-state index contributed by atoms with van der Waals surface area (Å²) in [6.07, 6.45) is 0. The number of aliphatic hydroxyl groups is 1. The van der Waals surface area contributed by atoms with Crippen LogP contribution < -0.4 is 5.32 Å². The lowest BCUT2D eigenvalue weighted by Gasteiger charge is -2.20. The van der Waals surface area contributed by atoms with E-state index in [0.717, 1.165) is 10.2 Å². The molecule has 0 saturated heterocycles. The number of nitrogens with zero attached hydrogens (tertiary/aromatic N) is 2. The molecule has 2 heterocycles. The average molecular weight is 272 g/mol. The molecule has 2 aromatic rings. The van der Waals surface area contributed by atoms with Gasteiger partial charge < -0.3 is 10.4 Å². The molecule has 0 aromatic carbocycles. The van der Waals surface area contributed by atoms with Crippen molar-refractivity contribution in [3.8, 4) is 0 Å². The van der Waals surface area contributed by atoms with Gasteiger partial charge in [0.1, 0.15) is 10.6 Å². The molecule has 0 amide bonds. The van der Waals surface area contributed by atoms with E-state index >= 15 is 0 Å². The van der Waals surface area contributed by atoms with E-state index in [-0.39, 0.29) is 17.9 Å². The van der Waals surface area contributed by atoms with Gasteiger partial charge in [0, 0.05) is 0 Å². The number of aliphatic hydroxyl groups excluding tert-OH is 1. The molecular formula is C11H14ClN3OS. The lowest BCUT2D eigenvalue weighted by atomic mass is 10.1. The molecule has 0 aliphatic rings. The van der Waals surface area contributed by atoms with Crippen molar-refractivity contribution < 1.29 is 5.11 Å². The number of aromatic nitrogens is 2. The fraction of sp³-hybridized carbons (Fsp3) is 0.455. The van der Waals surface area contributed by atoms with Crippen LogP contribution in [0.5, 0.6) is 0 Å². The van der Waals surface area contributed by atoms with Crippen LogP contribution in [0, 0.1) is 5.92 Å². The van der Waals surface area contributed by atoms with Gasteiger partial charge in [0.05, 0.1) is 18.0 Å². The first-order valence-electron chi connectivity index (χ1n) is 5.40. The Morgan fingerprint density at radius 1 is 1.47 bits per heavy atom. The van der Waals surface area contributed by atoms with Gasteiger partial charge in [0.2, 0.25) is 5.28 Å². The monoisotopic (exact) mass is 271 g/mol. The molecule has 1 atom stereocenters. The highest BCUT2D eigenvalue weighted by Gasteiger charge is 2.15. The molecule has 2 rings (SSSR count). The van der Waals surface area contributed by atoms with E-state index < -0.39 is 0 Å². The molecule has 1 unspecified atom stereocenters. The van der Waals surface area contributed by atoms with E-state index in [2.05, 4.69) is 15.3 Å². The molecule has 0 aliphatic carbocycles. The van der Waals surface area contributed by atoms with Crippen LogP contribution in [0.4, 0.5) is 5.82 Å². The van der Waals surface area contributed by atoms with Crippen LogP contribution in [0.15, 0.2) is 11.4 Å². The molecule has 0 bridgehead atoms. The Bertz CT molecular complexity index is 514. The first-order valence-corrected chi connectivity index (χ1v) is 6.65. The van der Waals surface area contributed by atoms with E-state index in [0.29, 0.717) is 11.7 Å². The van der Waals surface area contributed by atoms with Crippen molar-refractivity contribution in [1.82, 2.24) is 9.97 Å². The third-order valence-corrected chi connectivity index (χ3v) is 3.60. The quantitative estimate of drug-likeness (QED) is 0.840. The average Bonchev–Trinajstić information content (AvgIpc) is 2.72. The van der Waals surface area contributed by atoms with Gasteiger partial charge in [-0.25, -0.2) is 9.97 Å².